The normalized spacial score (nSPS) is 10.0. The quantitative estimate of drug-likeness (QED) is 0.691. The van der Waals surface area contributed by atoms with E-state index in [9.17, 15) is 14.9 Å². The summed E-state index contributed by atoms with van der Waals surface area (Å²) >= 11 is 0. The van der Waals surface area contributed by atoms with Gasteiger partial charge in [0.15, 0.2) is 0 Å². The van der Waals surface area contributed by atoms with Crippen molar-refractivity contribution in [3.63, 3.8) is 0 Å². The van der Waals surface area contributed by atoms with E-state index in [1.54, 1.807) is 6.07 Å². The van der Waals surface area contributed by atoms with Gasteiger partial charge < -0.3 is 10.1 Å². The number of ether oxygens (including phenoxy) is 1. The van der Waals surface area contributed by atoms with Crippen molar-refractivity contribution in [3.05, 3.63) is 52.6 Å². The first-order valence-corrected chi connectivity index (χ1v) is 6.22. The number of nitrogens with zero attached hydrogens (tertiary/aromatic N) is 1. The zero-order chi connectivity index (χ0) is 15.4. The number of methoxy groups -OCH3 is 1. The van der Waals surface area contributed by atoms with Crippen molar-refractivity contribution < 1.29 is 14.5 Å². The van der Waals surface area contributed by atoms with Crippen LogP contribution in [-0.2, 0) is 4.79 Å². The molecule has 2 rings (SSSR count). The van der Waals surface area contributed by atoms with Crippen LogP contribution < -0.4 is 10.1 Å². The molecule has 1 amide bonds. The Kier molecular flexibility index (Phi) is 4.18. The van der Waals surface area contributed by atoms with E-state index in [0.717, 1.165) is 5.56 Å². The van der Waals surface area contributed by atoms with Gasteiger partial charge in [-0.15, -0.1) is 0 Å². The van der Waals surface area contributed by atoms with E-state index in [1.165, 1.54) is 20.1 Å². The minimum atomic E-state index is -0.553. The van der Waals surface area contributed by atoms with Crippen molar-refractivity contribution in [1.82, 2.24) is 0 Å². The second-order valence-electron chi connectivity index (χ2n) is 4.37. The number of rotatable bonds is 4. The highest BCUT2D eigenvalue weighted by molar-refractivity contribution is 5.93. The Labute approximate surface area is 121 Å². The molecule has 0 aliphatic heterocycles. The van der Waals surface area contributed by atoms with E-state index >= 15 is 0 Å². The van der Waals surface area contributed by atoms with Crippen LogP contribution in [0.4, 0.5) is 11.4 Å². The van der Waals surface area contributed by atoms with Gasteiger partial charge in [-0.05, 0) is 11.6 Å². The molecule has 6 heteroatoms. The maximum absolute atomic E-state index is 11.2. The van der Waals surface area contributed by atoms with Gasteiger partial charge in [0.25, 0.3) is 5.69 Å². The molecule has 0 bridgehead atoms. The van der Waals surface area contributed by atoms with Gasteiger partial charge in [0.1, 0.15) is 11.4 Å². The van der Waals surface area contributed by atoms with E-state index in [2.05, 4.69) is 5.32 Å². The molecule has 0 saturated carbocycles. The number of carbonyl (C=O) groups is 1. The summed E-state index contributed by atoms with van der Waals surface area (Å²) in [6, 6.07) is 12.2. The third-order valence-electron chi connectivity index (χ3n) is 2.91. The van der Waals surface area contributed by atoms with Crippen LogP contribution in [0.1, 0.15) is 6.92 Å². The summed E-state index contributed by atoms with van der Waals surface area (Å²) in [5.41, 5.74) is 1.46. The number of nitro benzene ring substituents is 1. The van der Waals surface area contributed by atoms with Crippen molar-refractivity contribution in [2.75, 3.05) is 12.4 Å². The lowest BCUT2D eigenvalue weighted by Gasteiger charge is -2.12. The van der Waals surface area contributed by atoms with Crippen molar-refractivity contribution >= 4 is 17.3 Å². The van der Waals surface area contributed by atoms with Crippen LogP contribution in [0.25, 0.3) is 11.1 Å². The Morgan fingerprint density at radius 1 is 1.24 bits per heavy atom. The van der Waals surface area contributed by atoms with Crippen LogP contribution in [-0.4, -0.2) is 17.9 Å². The van der Waals surface area contributed by atoms with Crippen LogP contribution in [0, 0.1) is 10.1 Å². The molecule has 0 unspecified atom stereocenters. The average Bonchev–Trinajstić information content (AvgIpc) is 2.47. The lowest BCUT2D eigenvalue weighted by atomic mass is 10.0. The highest BCUT2D eigenvalue weighted by Crippen LogP contribution is 2.38. The molecule has 0 aliphatic carbocycles. The molecule has 0 fully saturated rings. The summed E-state index contributed by atoms with van der Waals surface area (Å²) in [5, 5.41) is 13.6. The maximum Gasteiger partial charge on any atom is 0.296 e. The van der Waals surface area contributed by atoms with Crippen molar-refractivity contribution in [2.45, 2.75) is 6.92 Å². The van der Waals surface area contributed by atoms with E-state index < -0.39 is 4.92 Å². The highest BCUT2D eigenvalue weighted by atomic mass is 16.6. The number of carbonyl (C=O) groups excluding carboxylic acids is 1. The number of hydrogen-bond acceptors (Lipinski definition) is 4. The largest absolute Gasteiger partial charge is 0.496 e. The van der Waals surface area contributed by atoms with Crippen molar-refractivity contribution in [1.29, 1.82) is 0 Å². The molecule has 0 radical (unpaired) electrons. The molecule has 2 aromatic carbocycles. The Morgan fingerprint density at radius 2 is 1.90 bits per heavy atom. The standard InChI is InChI=1S/C15H14N2O4/c1-10(18)16-13-8-12(11-6-4-3-5-7-11)15(21-2)9-14(13)17(19)20/h3-9H,1-2H3,(H,16,18). The van der Waals surface area contributed by atoms with Gasteiger partial charge in [0, 0.05) is 12.5 Å². The number of nitrogens with one attached hydrogen (secondary N) is 1. The van der Waals surface area contributed by atoms with Crippen LogP contribution >= 0.6 is 0 Å². The second-order valence-corrected chi connectivity index (χ2v) is 4.37. The fourth-order valence-corrected chi connectivity index (χ4v) is 2.02. The predicted molar refractivity (Wildman–Crippen MR) is 79.4 cm³/mol. The van der Waals surface area contributed by atoms with Gasteiger partial charge in [-0.3, -0.25) is 14.9 Å². The first kappa shape index (κ1) is 14.5. The SMILES string of the molecule is COc1cc([N+](=O)[O-])c(NC(C)=O)cc1-c1ccccc1. The summed E-state index contributed by atoms with van der Waals surface area (Å²) < 4.78 is 5.23. The molecule has 0 heterocycles. The molecule has 1 N–H and O–H groups in total. The minimum Gasteiger partial charge on any atom is -0.496 e. The van der Waals surface area contributed by atoms with E-state index in [0.29, 0.717) is 11.3 Å². The molecule has 2 aromatic rings. The number of anilines is 1. The minimum absolute atomic E-state index is 0.146. The van der Waals surface area contributed by atoms with Gasteiger partial charge in [-0.2, -0.15) is 0 Å². The van der Waals surface area contributed by atoms with Crippen molar-refractivity contribution in [3.8, 4) is 16.9 Å². The van der Waals surface area contributed by atoms with Gasteiger partial charge in [0.05, 0.1) is 18.1 Å². The molecular weight excluding hydrogens is 272 g/mol. The summed E-state index contributed by atoms with van der Waals surface area (Å²) in [6.07, 6.45) is 0. The Balaban J connectivity index is 2.65. The molecule has 0 saturated heterocycles. The Hall–Kier alpha value is -2.89. The molecule has 0 atom stereocenters. The first-order chi connectivity index (χ1) is 10.0. The third-order valence-corrected chi connectivity index (χ3v) is 2.91. The molecular formula is C15H14N2O4. The molecule has 6 nitrogen and oxygen atoms in total. The van der Waals surface area contributed by atoms with Crippen molar-refractivity contribution in [2.24, 2.45) is 0 Å². The summed E-state index contributed by atoms with van der Waals surface area (Å²) in [4.78, 5) is 21.8. The molecule has 0 aromatic heterocycles. The van der Waals surface area contributed by atoms with E-state index in [-0.39, 0.29) is 17.3 Å². The first-order valence-electron chi connectivity index (χ1n) is 6.22. The second kappa shape index (κ2) is 6.04. The smallest absolute Gasteiger partial charge is 0.296 e. The summed E-state index contributed by atoms with van der Waals surface area (Å²) in [5.74, 6) is 0.00396. The average molecular weight is 286 g/mol. The van der Waals surface area contributed by atoms with Crippen LogP contribution in [0.5, 0.6) is 5.75 Å². The van der Waals surface area contributed by atoms with Gasteiger partial charge in [-0.25, -0.2) is 0 Å². The van der Waals surface area contributed by atoms with E-state index in [4.69, 9.17) is 4.74 Å². The highest BCUT2D eigenvalue weighted by Gasteiger charge is 2.20. The van der Waals surface area contributed by atoms with Gasteiger partial charge >= 0.3 is 0 Å². The number of hydrogen-bond donors (Lipinski definition) is 1. The lowest BCUT2D eigenvalue weighted by molar-refractivity contribution is -0.384. The van der Waals surface area contributed by atoms with Gasteiger partial charge in [0.2, 0.25) is 5.91 Å². The maximum atomic E-state index is 11.2. The predicted octanol–water partition coefficient (Wildman–Crippen LogP) is 3.23. The molecule has 0 spiro atoms. The fourth-order valence-electron chi connectivity index (χ4n) is 2.02. The van der Waals surface area contributed by atoms with Gasteiger partial charge in [-0.1, -0.05) is 30.3 Å². The third kappa shape index (κ3) is 3.17. The Bertz CT molecular complexity index is 684. The Morgan fingerprint density at radius 3 is 2.43 bits per heavy atom. The lowest BCUT2D eigenvalue weighted by Crippen LogP contribution is -2.08. The summed E-state index contributed by atoms with van der Waals surface area (Å²) in [7, 11) is 1.45. The number of nitro groups is 1. The zero-order valence-corrected chi connectivity index (χ0v) is 11.6. The molecule has 0 aliphatic rings. The van der Waals surface area contributed by atoms with Crippen LogP contribution in [0.15, 0.2) is 42.5 Å². The fraction of sp³-hybridized carbons (Fsp3) is 0.133. The molecule has 108 valence electrons. The van der Waals surface area contributed by atoms with Crippen LogP contribution in [0.2, 0.25) is 0 Å². The summed E-state index contributed by atoms with van der Waals surface area (Å²) in [6.45, 7) is 1.30. The monoisotopic (exact) mass is 286 g/mol. The zero-order valence-electron chi connectivity index (χ0n) is 11.6. The van der Waals surface area contributed by atoms with E-state index in [1.807, 2.05) is 30.3 Å². The number of benzene rings is 2. The number of amides is 1. The topological polar surface area (TPSA) is 81.5 Å². The molecule has 21 heavy (non-hydrogen) atoms. The van der Waals surface area contributed by atoms with Crippen LogP contribution in [0.3, 0.4) is 0 Å².